The summed E-state index contributed by atoms with van der Waals surface area (Å²) in [5.41, 5.74) is 5.14. The summed E-state index contributed by atoms with van der Waals surface area (Å²) in [5.74, 6) is -0.449. The first kappa shape index (κ1) is 27.6. The highest BCUT2D eigenvalue weighted by Gasteiger charge is 2.43. The van der Waals surface area contributed by atoms with Crippen LogP contribution in [-0.2, 0) is 33.7 Å². The molecule has 3 aromatic heterocycles. The summed E-state index contributed by atoms with van der Waals surface area (Å²) >= 11 is 3.49. The number of fused-ring (bicyclic) bond motifs is 1. The molecule has 1 fully saturated rings. The normalized spacial score (nSPS) is 23.9. The molecule has 1 saturated heterocycles. The van der Waals surface area contributed by atoms with Crippen molar-refractivity contribution >= 4 is 27.4 Å². The average molecular weight is 579 g/mol. The fourth-order valence-corrected chi connectivity index (χ4v) is 4.97. The lowest BCUT2D eigenvalue weighted by atomic mass is 9.95. The van der Waals surface area contributed by atoms with Crippen molar-refractivity contribution in [3.05, 3.63) is 52.0 Å². The average Bonchev–Trinajstić information content (AvgIpc) is 3.30. The van der Waals surface area contributed by atoms with Gasteiger partial charge in [-0.25, -0.2) is 4.52 Å². The van der Waals surface area contributed by atoms with Crippen molar-refractivity contribution < 1.29 is 34.7 Å². The van der Waals surface area contributed by atoms with Gasteiger partial charge in [0.2, 0.25) is 5.91 Å². The van der Waals surface area contributed by atoms with Crippen LogP contribution in [0.15, 0.2) is 35.1 Å². The molecule has 4 heterocycles. The molecule has 3 aromatic rings. The standard InChI is InChI=1S/C25H31BrN4O7/c1-3-15-4-6-18-21(13-8-14(26)10-27-9-13)16(17(12-36-2)29-30(15)18)5-7-20(32)28-25-24(35)23(34)22(33)19(11-31)37-25/h4,6,8-10,19,22-25,31,33-35H,3,5,7,11-12H2,1-2H3,(H,28,32)/t19-,22+,23+,24-,25-/m1/s1. The van der Waals surface area contributed by atoms with Crippen molar-refractivity contribution in [1.29, 1.82) is 0 Å². The molecule has 0 saturated carbocycles. The molecule has 0 aromatic carbocycles. The van der Waals surface area contributed by atoms with Gasteiger partial charge in [-0.05, 0) is 52.5 Å². The number of pyridine rings is 1. The van der Waals surface area contributed by atoms with Crippen molar-refractivity contribution in [2.45, 2.75) is 63.4 Å². The summed E-state index contributed by atoms with van der Waals surface area (Å²) in [4.78, 5) is 17.2. The first-order valence-electron chi connectivity index (χ1n) is 12.0. The van der Waals surface area contributed by atoms with Gasteiger partial charge in [-0.15, -0.1) is 0 Å². The number of nitrogens with one attached hydrogen (secondary N) is 1. The van der Waals surface area contributed by atoms with E-state index in [0.717, 1.165) is 38.8 Å². The first-order valence-corrected chi connectivity index (χ1v) is 12.8. The molecule has 200 valence electrons. The van der Waals surface area contributed by atoms with E-state index in [9.17, 15) is 25.2 Å². The van der Waals surface area contributed by atoms with E-state index in [1.54, 1.807) is 19.5 Å². The number of aryl methyl sites for hydroxylation is 1. The number of hydrogen-bond acceptors (Lipinski definition) is 9. The number of aliphatic hydroxyl groups is 4. The highest BCUT2D eigenvalue weighted by Crippen LogP contribution is 2.33. The lowest BCUT2D eigenvalue weighted by Gasteiger charge is -2.40. The smallest absolute Gasteiger partial charge is 0.222 e. The maximum Gasteiger partial charge on any atom is 0.222 e. The largest absolute Gasteiger partial charge is 0.394 e. The number of halogens is 1. The molecule has 1 aliphatic heterocycles. The SMILES string of the molecule is CCc1ccc2c(-c3cncc(Br)c3)c(CCC(=O)N[C@@H]3O[C@H](CO)[C@H](O)[C@H](O)[C@H]3O)c(COC)nn12. The van der Waals surface area contributed by atoms with Gasteiger partial charge in [0.15, 0.2) is 6.23 Å². The van der Waals surface area contributed by atoms with Gasteiger partial charge < -0.3 is 35.2 Å². The van der Waals surface area contributed by atoms with E-state index in [4.69, 9.17) is 14.6 Å². The molecule has 5 N–H and O–H groups in total. The third-order valence-electron chi connectivity index (χ3n) is 6.50. The first-order chi connectivity index (χ1) is 17.8. The van der Waals surface area contributed by atoms with Crippen LogP contribution in [0.4, 0.5) is 0 Å². The highest BCUT2D eigenvalue weighted by atomic mass is 79.9. The number of nitrogens with zero attached hydrogens (tertiary/aromatic N) is 3. The second kappa shape index (κ2) is 11.9. The topological polar surface area (TPSA) is 159 Å². The Morgan fingerprint density at radius 1 is 1.22 bits per heavy atom. The molecule has 1 amide bonds. The summed E-state index contributed by atoms with van der Waals surface area (Å²) in [7, 11) is 1.58. The second-order valence-corrected chi connectivity index (χ2v) is 9.83. The van der Waals surface area contributed by atoms with Crippen molar-refractivity contribution in [2.24, 2.45) is 0 Å². The minimum Gasteiger partial charge on any atom is -0.394 e. The van der Waals surface area contributed by atoms with Gasteiger partial charge >= 0.3 is 0 Å². The predicted octanol–water partition coefficient (Wildman–Crippen LogP) is 0.716. The summed E-state index contributed by atoms with van der Waals surface area (Å²) < 4.78 is 13.5. The number of aromatic nitrogens is 3. The molecule has 4 rings (SSSR count). The van der Waals surface area contributed by atoms with Crippen LogP contribution in [0, 0.1) is 0 Å². The number of carbonyl (C=O) groups excluding carboxylic acids is 1. The predicted molar refractivity (Wildman–Crippen MR) is 136 cm³/mol. The van der Waals surface area contributed by atoms with Crippen molar-refractivity contribution in [1.82, 2.24) is 19.9 Å². The molecule has 12 heteroatoms. The van der Waals surface area contributed by atoms with Crippen LogP contribution in [0.25, 0.3) is 16.6 Å². The monoisotopic (exact) mass is 578 g/mol. The minimum absolute atomic E-state index is 0.0133. The maximum absolute atomic E-state index is 12.9. The zero-order valence-electron chi connectivity index (χ0n) is 20.5. The molecule has 5 atom stereocenters. The molecule has 0 spiro atoms. The van der Waals surface area contributed by atoms with Gasteiger partial charge in [0.1, 0.15) is 24.4 Å². The van der Waals surface area contributed by atoms with Gasteiger partial charge in [0.25, 0.3) is 0 Å². The van der Waals surface area contributed by atoms with Crippen LogP contribution < -0.4 is 5.32 Å². The van der Waals surface area contributed by atoms with E-state index in [2.05, 4.69) is 33.2 Å². The van der Waals surface area contributed by atoms with Gasteiger partial charge in [-0.1, -0.05) is 6.92 Å². The summed E-state index contributed by atoms with van der Waals surface area (Å²) in [6.07, 6.45) is -2.49. The molecule has 0 radical (unpaired) electrons. The lowest BCUT2D eigenvalue weighted by Crippen LogP contribution is -2.63. The number of aliphatic hydroxyl groups excluding tert-OH is 4. The molecular formula is C25H31BrN4O7. The summed E-state index contributed by atoms with van der Waals surface area (Å²) in [6, 6.07) is 5.97. The maximum atomic E-state index is 12.9. The van der Waals surface area contributed by atoms with Crippen molar-refractivity contribution in [3.8, 4) is 11.1 Å². The Hall–Kier alpha value is -2.45. The van der Waals surface area contributed by atoms with Gasteiger partial charge in [-0.3, -0.25) is 9.78 Å². The number of methoxy groups -OCH3 is 1. The fourth-order valence-electron chi connectivity index (χ4n) is 4.61. The number of hydrogen-bond donors (Lipinski definition) is 5. The molecule has 0 aliphatic carbocycles. The molecular weight excluding hydrogens is 548 g/mol. The summed E-state index contributed by atoms with van der Waals surface area (Å²) in [6.45, 7) is 1.71. The Morgan fingerprint density at radius 2 is 2.00 bits per heavy atom. The Kier molecular flexibility index (Phi) is 8.90. The third-order valence-corrected chi connectivity index (χ3v) is 6.93. The van der Waals surface area contributed by atoms with Gasteiger partial charge in [-0.2, -0.15) is 5.10 Å². The van der Waals surface area contributed by atoms with E-state index < -0.39 is 43.2 Å². The van der Waals surface area contributed by atoms with Gasteiger partial charge in [0.05, 0.1) is 24.4 Å². The fraction of sp³-hybridized carbons (Fsp3) is 0.480. The lowest BCUT2D eigenvalue weighted by molar-refractivity contribution is -0.235. The quantitative estimate of drug-likeness (QED) is 0.246. The van der Waals surface area contributed by atoms with Crippen LogP contribution in [0.5, 0.6) is 0 Å². The van der Waals surface area contributed by atoms with Crippen LogP contribution in [0.3, 0.4) is 0 Å². The van der Waals surface area contributed by atoms with Crippen LogP contribution >= 0.6 is 15.9 Å². The number of ether oxygens (including phenoxy) is 2. The molecule has 0 unspecified atom stereocenters. The van der Waals surface area contributed by atoms with Crippen LogP contribution in [-0.4, -0.2) is 85.3 Å². The van der Waals surface area contributed by atoms with E-state index in [1.807, 2.05) is 22.7 Å². The van der Waals surface area contributed by atoms with E-state index >= 15 is 0 Å². The Labute approximate surface area is 222 Å². The molecule has 0 bridgehead atoms. The Morgan fingerprint density at radius 3 is 2.68 bits per heavy atom. The van der Waals surface area contributed by atoms with E-state index in [0.29, 0.717) is 12.1 Å². The number of amides is 1. The molecule has 1 aliphatic rings. The van der Waals surface area contributed by atoms with E-state index in [1.165, 1.54) is 0 Å². The molecule has 37 heavy (non-hydrogen) atoms. The Balaban J connectivity index is 1.66. The van der Waals surface area contributed by atoms with Crippen LogP contribution in [0.1, 0.15) is 30.3 Å². The molecule has 11 nitrogen and oxygen atoms in total. The Bertz CT molecular complexity index is 1250. The number of carbonyl (C=O) groups is 1. The summed E-state index contributed by atoms with van der Waals surface area (Å²) in [5, 5.41) is 47.0. The van der Waals surface area contributed by atoms with Crippen molar-refractivity contribution in [2.75, 3.05) is 13.7 Å². The number of rotatable bonds is 9. The van der Waals surface area contributed by atoms with E-state index in [-0.39, 0.29) is 13.0 Å². The minimum atomic E-state index is -1.58. The zero-order valence-corrected chi connectivity index (χ0v) is 22.1. The van der Waals surface area contributed by atoms with Crippen LogP contribution in [0.2, 0.25) is 0 Å². The second-order valence-electron chi connectivity index (χ2n) is 8.92. The highest BCUT2D eigenvalue weighted by molar-refractivity contribution is 9.10. The van der Waals surface area contributed by atoms with Crippen molar-refractivity contribution in [3.63, 3.8) is 0 Å². The third kappa shape index (κ3) is 5.70. The van der Waals surface area contributed by atoms with Gasteiger partial charge in [0, 0.05) is 47.2 Å². The zero-order chi connectivity index (χ0) is 26.7.